The maximum Gasteiger partial charge on any atom is 0.257 e. The van der Waals surface area contributed by atoms with Crippen molar-refractivity contribution in [2.75, 3.05) is 25.5 Å². The number of anilines is 1. The summed E-state index contributed by atoms with van der Waals surface area (Å²) in [7, 11) is 1.57. The van der Waals surface area contributed by atoms with Crippen LogP contribution in [0.2, 0.25) is 0 Å². The Bertz CT molecular complexity index is 1070. The fraction of sp³-hybridized carbons (Fsp3) is 0.304. The van der Waals surface area contributed by atoms with Crippen LogP contribution in [0.3, 0.4) is 0 Å². The number of carbonyl (C=O) groups is 2. The van der Waals surface area contributed by atoms with E-state index in [1.807, 2.05) is 29.2 Å². The molecule has 0 saturated carbocycles. The molecule has 8 heteroatoms. The van der Waals surface area contributed by atoms with Gasteiger partial charge in [-0.1, -0.05) is 17.3 Å². The standard InChI is InChI=1S/C23H24N4O4/c1-15(28)24-18-9-7-16(8-10-18)21-25-22(31-26-21)17-11-13-27(14-12-17)23(29)19-5-3-4-6-20(19)30-2/h3-10,17H,11-14H2,1-2H3,(H,24,28). The van der Waals surface area contributed by atoms with Crippen LogP contribution < -0.4 is 10.1 Å². The van der Waals surface area contributed by atoms with Crippen molar-refractivity contribution < 1.29 is 18.8 Å². The molecule has 2 amide bonds. The summed E-state index contributed by atoms with van der Waals surface area (Å²) in [5.74, 6) is 1.65. The molecule has 0 radical (unpaired) electrons. The molecule has 160 valence electrons. The Kier molecular flexibility index (Phi) is 5.97. The van der Waals surface area contributed by atoms with Crippen LogP contribution in [0.5, 0.6) is 5.75 Å². The highest BCUT2D eigenvalue weighted by atomic mass is 16.5. The lowest BCUT2D eigenvalue weighted by molar-refractivity contribution is -0.114. The van der Waals surface area contributed by atoms with E-state index in [1.54, 1.807) is 31.4 Å². The Labute approximate surface area is 180 Å². The van der Waals surface area contributed by atoms with Gasteiger partial charge >= 0.3 is 0 Å². The monoisotopic (exact) mass is 420 g/mol. The smallest absolute Gasteiger partial charge is 0.257 e. The molecule has 8 nitrogen and oxygen atoms in total. The van der Waals surface area contributed by atoms with Gasteiger partial charge in [0.1, 0.15) is 5.75 Å². The number of aromatic nitrogens is 2. The average molecular weight is 420 g/mol. The van der Waals surface area contributed by atoms with Crippen LogP contribution in [0.25, 0.3) is 11.4 Å². The largest absolute Gasteiger partial charge is 0.496 e. The SMILES string of the molecule is COc1ccccc1C(=O)N1CCC(c2nc(-c3ccc(NC(C)=O)cc3)no2)CC1. The quantitative estimate of drug-likeness (QED) is 0.676. The number of likely N-dealkylation sites (tertiary alicyclic amines) is 1. The van der Waals surface area contributed by atoms with Crippen molar-refractivity contribution >= 4 is 17.5 Å². The topological polar surface area (TPSA) is 97.6 Å². The van der Waals surface area contributed by atoms with Crippen LogP contribution in [0.1, 0.15) is 41.9 Å². The zero-order valence-electron chi connectivity index (χ0n) is 17.5. The zero-order valence-corrected chi connectivity index (χ0v) is 17.5. The number of hydrogen-bond donors (Lipinski definition) is 1. The lowest BCUT2D eigenvalue weighted by atomic mass is 9.96. The molecule has 1 saturated heterocycles. The maximum absolute atomic E-state index is 12.9. The molecule has 2 heterocycles. The molecule has 0 atom stereocenters. The lowest BCUT2D eigenvalue weighted by Gasteiger charge is -2.30. The number of nitrogens with one attached hydrogen (secondary N) is 1. The van der Waals surface area contributed by atoms with Crippen molar-refractivity contribution in [1.82, 2.24) is 15.0 Å². The number of piperidine rings is 1. The lowest BCUT2D eigenvalue weighted by Crippen LogP contribution is -2.38. The van der Waals surface area contributed by atoms with Crippen molar-refractivity contribution in [1.29, 1.82) is 0 Å². The average Bonchev–Trinajstić information content (AvgIpc) is 3.29. The van der Waals surface area contributed by atoms with Gasteiger partial charge in [0.2, 0.25) is 17.6 Å². The molecular weight excluding hydrogens is 396 g/mol. The number of methoxy groups -OCH3 is 1. The number of carbonyl (C=O) groups excluding carboxylic acids is 2. The molecule has 31 heavy (non-hydrogen) atoms. The minimum absolute atomic E-state index is 0.0265. The van der Waals surface area contributed by atoms with Crippen LogP contribution in [0, 0.1) is 0 Å². The Balaban J connectivity index is 1.39. The highest BCUT2D eigenvalue weighted by molar-refractivity contribution is 5.97. The van der Waals surface area contributed by atoms with Gasteiger partial charge < -0.3 is 19.5 Å². The molecule has 1 aliphatic rings. The van der Waals surface area contributed by atoms with E-state index < -0.39 is 0 Å². The Morgan fingerprint density at radius 1 is 1.10 bits per heavy atom. The van der Waals surface area contributed by atoms with E-state index in [0.29, 0.717) is 41.8 Å². The van der Waals surface area contributed by atoms with E-state index in [0.717, 1.165) is 18.4 Å². The summed E-state index contributed by atoms with van der Waals surface area (Å²) in [4.78, 5) is 30.4. The highest BCUT2D eigenvalue weighted by Gasteiger charge is 2.29. The van der Waals surface area contributed by atoms with Crippen molar-refractivity contribution in [3.8, 4) is 17.1 Å². The van der Waals surface area contributed by atoms with Crippen LogP contribution in [-0.4, -0.2) is 47.1 Å². The summed E-state index contributed by atoms with van der Waals surface area (Å²) < 4.78 is 10.8. The predicted octanol–water partition coefficient (Wildman–Crippen LogP) is 3.72. The van der Waals surface area contributed by atoms with Crippen LogP contribution in [0.4, 0.5) is 5.69 Å². The van der Waals surface area contributed by atoms with E-state index in [2.05, 4.69) is 15.5 Å². The van der Waals surface area contributed by atoms with Crippen LogP contribution in [0.15, 0.2) is 53.1 Å². The first-order chi connectivity index (χ1) is 15.0. The third-order valence-electron chi connectivity index (χ3n) is 5.37. The zero-order chi connectivity index (χ0) is 21.8. The van der Waals surface area contributed by atoms with Gasteiger partial charge in [0.15, 0.2) is 0 Å². The van der Waals surface area contributed by atoms with Crippen molar-refractivity contribution in [3.63, 3.8) is 0 Å². The summed E-state index contributed by atoms with van der Waals surface area (Å²) in [5, 5.41) is 6.84. The molecular formula is C23H24N4O4. The van der Waals surface area contributed by atoms with Gasteiger partial charge in [0.05, 0.1) is 12.7 Å². The third kappa shape index (κ3) is 4.58. The Hall–Kier alpha value is -3.68. The fourth-order valence-electron chi connectivity index (χ4n) is 3.75. The number of ether oxygens (including phenoxy) is 1. The number of benzene rings is 2. The molecule has 0 aliphatic carbocycles. The first kappa shape index (κ1) is 20.6. The van der Waals surface area contributed by atoms with Gasteiger partial charge in [-0.15, -0.1) is 0 Å². The van der Waals surface area contributed by atoms with Gasteiger partial charge in [-0.2, -0.15) is 4.98 Å². The van der Waals surface area contributed by atoms with E-state index in [4.69, 9.17) is 9.26 Å². The first-order valence-corrected chi connectivity index (χ1v) is 10.2. The minimum atomic E-state index is -0.120. The van der Waals surface area contributed by atoms with Crippen molar-refractivity contribution in [2.24, 2.45) is 0 Å². The Morgan fingerprint density at radius 3 is 2.48 bits per heavy atom. The molecule has 0 bridgehead atoms. The number of rotatable bonds is 5. The summed E-state index contributed by atoms with van der Waals surface area (Å²) in [6.07, 6.45) is 1.51. The molecule has 0 spiro atoms. The van der Waals surface area contributed by atoms with Crippen molar-refractivity contribution in [3.05, 3.63) is 60.0 Å². The van der Waals surface area contributed by atoms with Gasteiger partial charge in [-0.3, -0.25) is 9.59 Å². The number of hydrogen-bond acceptors (Lipinski definition) is 6. The molecule has 0 unspecified atom stereocenters. The fourth-order valence-corrected chi connectivity index (χ4v) is 3.75. The molecule has 1 fully saturated rings. The summed E-state index contributed by atoms with van der Waals surface area (Å²) in [6, 6.07) is 14.6. The van der Waals surface area contributed by atoms with Crippen LogP contribution in [-0.2, 0) is 4.79 Å². The molecule has 3 aromatic rings. The van der Waals surface area contributed by atoms with Gasteiger partial charge in [0, 0.05) is 37.2 Å². The van der Waals surface area contributed by atoms with E-state index in [-0.39, 0.29) is 17.7 Å². The molecule has 2 aromatic carbocycles. The van der Waals surface area contributed by atoms with Crippen molar-refractivity contribution in [2.45, 2.75) is 25.7 Å². The van der Waals surface area contributed by atoms with Gasteiger partial charge in [0.25, 0.3) is 5.91 Å². The molecule has 4 rings (SSSR count). The normalized spacial score (nSPS) is 14.3. The molecule has 1 aliphatic heterocycles. The first-order valence-electron chi connectivity index (χ1n) is 10.2. The second kappa shape index (κ2) is 8.99. The minimum Gasteiger partial charge on any atom is -0.496 e. The molecule has 1 aromatic heterocycles. The highest BCUT2D eigenvalue weighted by Crippen LogP contribution is 2.30. The summed E-state index contributed by atoms with van der Waals surface area (Å²) >= 11 is 0. The number of nitrogens with zero attached hydrogens (tertiary/aromatic N) is 3. The summed E-state index contributed by atoms with van der Waals surface area (Å²) in [6.45, 7) is 2.70. The second-order valence-electron chi connectivity index (χ2n) is 7.48. The number of para-hydroxylation sites is 1. The summed E-state index contributed by atoms with van der Waals surface area (Å²) in [5.41, 5.74) is 2.10. The van der Waals surface area contributed by atoms with Crippen LogP contribution >= 0.6 is 0 Å². The molecule has 1 N–H and O–H groups in total. The Morgan fingerprint density at radius 2 is 1.81 bits per heavy atom. The van der Waals surface area contributed by atoms with E-state index >= 15 is 0 Å². The maximum atomic E-state index is 12.9. The van der Waals surface area contributed by atoms with Gasteiger partial charge in [-0.05, 0) is 49.2 Å². The third-order valence-corrected chi connectivity index (χ3v) is 5.37. The number of amides is 2. The van der Waals surface area contributed by atoms with E-state index in [9.17, 15) is 9.59 Å². The van der Waals surface area contributed by atoms with Gasteiger partial charge in [-0.25, -0.2) is 0 Å². The second-order valence-corrected chi connectivity index (χ2v) is 7.48. The van der Waals surface area contributed by atoms with E-state index in [1.165, 1.54) is 6.92 Å². The predicted molar refractivity (Wildman–Crippen MR) is 115 cm³/mol.